The molecule has 1 atom stereocenters. The first-order valence-corrected chi connectivity index (χ1v) is 23.0. The molecule has 2 heteroatoms. The van der Waals surface area contributed by atoms with Crippen molar-refractivity contribution < 1.29 is 0 Å². The molecule has 2 aliphatic rings. The van der Waals surface area contributed by atoms with Crippen LogP contribution >= 0.6 is 0 Å². The van der Waals surface area contributed by atoms with E-state index in [9.17, 15) is 0 Å². The highest BCUT2D eigenvalue weighted by Gasteiger charge is 2.29. The fourth-order valence-electron chi connectivity index (χ4n) is 11.1. The highest BCUT2D eigenvalue weighted by Crippen LogP contribution is 2.49. The molecule has 2 nitrogen and oxygen atoms in total. The summed E-state index contributed by atoms with van der Waals surface area (Å²) >= 11 is 0. The number of allylic oxidation sites excluding steroid dienone is 3. The summed E-state index contributed by atoms with van der Waals surface area (Å²) in [6.45, 7) is 2.30. The fourth-order valence-corrected chi connectivity index (χ4v) is 11.1. The quantitative estimate of drug-likeness (QED) is 0.159. The maximum absolute atomic E-state index is 5.53. The van der Waals surface area contributed by atoms with Crippen LogP contribution in [-0.2, 0) is 6.42 Å². The van der Waals surface area contributed by atoms with Crippen LogP contribution in [0.4, 0.5) is 0 Å². The monoisotopic (exact) mass is 820 g/mol. The number of aliphatic imine (C=N–C) groups is 1. The molecule has 0 saturated carbocycles. The zero-order valence-electron chi connectivity index (χ0n) is 36.1. The van der Waals surface area contributed by atoms with E-state index in [1.807, 2.05) is 0 Å². The lowest BCUT2D eigenvalue weighted by molar-refractivity contribution is 0.735. The lowest BCUT2D eigenvalue weighted by Crippen LogP contribution is -2.10. The second-order valence-electron chi connectivity index (χ2n) is 17.4. The minimum Gasteiger partial charge on any atom is -0.309 e. The van der Waals surface area contributed by atoms with E-state index >= 15 is 0 Å². The second kappa shape index (κ2) is 16.0. The molecule has 12 rings (SSSR count). The van der Waals surface area contributed by atoms with Gasteiger partial charge in [0.1, 0.15) is 0 Å². The van der Waals surface area contributed by atoms with Crippen LogP contribution in [0.1, 0.15) is 71.9 Å². The van der Waals surface area contributed by atoms with Gasteiger partial charge in [-0.15, -0.1) is 0 Å². The van der Waals surface area contributed by atoms with Crippen LogP contribution in [-0.4, -0.2) is 10.3 Å². The lowest BCUT2D eigenvalue weighted by Gasteiger charge is -2.24. The zero-order chi connectivity index (χ0) is 42.6. The Morgan fingerprint density at radius 3 is 2.02 bits per heavy atom. The molecule has 64 heavy (non-hydrogen) atoms. The van der Waals surface area contributed by atoms with E-state index in [4.69, 9.17) is 4.99 Å². The molecule has 306 valence electrons. The summed E-state index contributed by atoms with van der Waals surface area (Å²) in [5, 5.41) is 7.88. The van der Waals surface area contributed by atoms with Crippen molar-refractivity contribution >= 4 is 60.3 Å². The van der Waals surface area contributed by atoms with Gasteiger partial charge in [0, 0.05) is 27.9 Å². The molecule has 1 aromatic heterocycles. The van der Waals surface area contributed by atoms with Crippen LogP contribution in [0.15, 0.2) is 217 Å². The molecule has 0 amide bonds. The summed E-state index contributed by atoms with van der Waals surface area (Å²) in [7, 11) is 0. The number of fused-ring (bicyclic) bond motifs is 9. The Balaban J connectivity index is 1.05. The minimum absolute atomic E-state index is 0.189. The van der Waals surface area contributed by atoms with Crippen molar-refractivity contribution in [2.45, 2.75) is 44.9 Å². The molecule has 1 aliphatic heterocycles. The van der Waals surface area contributed by atoms with Gasteiger partial charge in [-0.3, -0.25) is 0 Å². The van der Waals surface area contributed by atoms with Crippen molar-refractivity contribution in [3.05, 3.63) is 245 Å². The highest BCUT2D eigenvalue weighted by atomic mass is 15.0. The molecule has 1 aliphatic carbocycles. The summed E-state index contributed by atoms with van der Waals surface area (Å²) in [4.78, 5) is 5.53. The predicted molar refractivity (Wildman–Crippen MR) is 272 cm³/mol. The third kappa shape index (κ3) is 6.36. The molecule has 9 aromatic carbocycles. The van der Waals surface area contributed by atoms with E-state index in [2.05, 4.69) is 218 Å². The Morgan fingerprint density at radius 1 is 0.516 bits per heavy atom. The molecule has 10 aromatic rings. The van der Waals surface area contributed by atoms with Crippen molar-refractivity contribution in [1.29, 1.82) is 0 Å². The van der Waals surface area contributed by atoms with Crippen molar-refractivity contribution in [3.8, 4) is 16.8 Å². The Morgan fingerprint density at radius 2 is 1.20 bits per heavy atom. The Bertz CT molecular complexity index is 3510. The normalized spacial score (nSPS) is 16.2. The number of aryl methyl sites for hydroxylation is 1. The van der Waals surface area contributed by atoms with E-state index in [1.54, 1.807) is 0 Å². The van der Waals surface area contributed by atoms with Gasteiger partial charge in [0.25, 0.3) is 0 Å². The zero-order valence-corrected chi connectivity index (χ0v) is 36.1. The predicted octanol–water partition coefficient (Wildman–Crippen LogP) is 16.3. The standard InChI is InChI=1S/C62H48N2/c1-2-46-48(32-18-33-58(42-20-6-3-7-21-42)63-62(46)43-22-8-4-9-23-43)49-28-16-30-51-50(49)29-17-31-52(51)54-38-36-44-39-60-57(40-56(44)55-37-35-41-19-12-13-26-47(41)61(54)55)53-27-14-15-34-59(53)64(60)45-24-10-5-11-25-45/h3-17,19-31,33-35,37,39-40,54H,2,18,32,36,38H2,1H3/b48-46?,58-33+,63-62?. The molecule has 0 bridgehead atoms. The van der Waals surface area contributed by atoms with Crippen molar-refractivity contribution in [2.24, 2.45) is 4.99 Å². The van der Waals surface area contributed by atoms with E-state index in [0.717, 1.165) is 54.6 Å². The van der Waals surface area contributed by atoms with E-state index in [-0.39, 0.29) is 5.92 Å². The Labute approximate surface area is 375 Å². The van der Waals surface area contributed by atoms with Gasteiger partial charge < -0.3 is 4.57 Å². The Hall–Kier alpha value is -7.55. The summed E-state index contributed by atoms with van der Waals surface area (Å²) in [5.74, 6) is 0.189. The molecule has 0 fully saturated rings. The number of benzene rings is 9. The summed E-state index contributed by atoms with van der Waals surface area (Å²) < 4.78 is 2.46. The lowest BCUT2D eigenvalue weighted by atomic mass is 9.79. The summed E-state index contributed by atoms with van der Waals surface area (Å²) in [5.41, 5.74) is 19.1. The van der Waals surface area contributed by atoms with Crippen LogP contribution in [0.2, 0.25) is 0 Å². The molecule has 0 N–H and O–H groups in total. The largest absolute Gasteiger partial charge is 0.309 e. The average molecular weight is 821 g/mol. The number of aromatic nitrogens is 1. The van der Waals surface area contributed by atoms with Gasteiger partial charge in [-0.25, -0.2) is 4.99 Å². The van der Waals surface area contributed by atoms with Crippen LogP contribution < -0.4 is 0 Å². The van der Waals surface area contributed by atoms with Gasteiger partial charge in [-0.2, -0.15) is 0 Å². The third-order valence-electron chi connectivity index (χ3n) is 14.0. The van der Waals surface area contributed by atoms with Crippen molar-refractivity contribution in [2.75, 3.05) is 0 Å². The molecule has 2 heterocycles. The maximum atomic E-state index is 5.53. The summed E-state index contributed by atoms with van der Waals surface area (Å²) in [6, 6.07) is 74.2. The maximum Gasteiger partial charge on any atom is 0.0744 e. The van der Waals surface area contributed by atoms with Crippen LogP contribution in [0, 0.1) is 0 Å². The molecular formula is C62H48N2. The van der Waals surface area contributed by atoms with Gasteiger partial charge in [0.15, 0.2) is 0 Å². The first-order chi connectivity index (χ1) is 31.7. The first kappa shape index (κ1) is 38.2. The van der Waals surface area contributed by atoms with E-state index < -0.39 is 0 Å². The number of rotatable bonds is 6. The molecule has 1 unspecified atom stereocenters. The van der Waals surface area contributed by atoms with E-state index in [1.165, 1.54) is 93.6 Å². The van der Waals surface area contributed by atoms with Crippen molar-refractivity contribution in [1.82, 2.24) is 4.57 Å². The van der Waals surface area contributed by atoms with Gasteiger partial charge >= 0.3 is 0 Å². The van der Waals surface area contributed by atoms with Gasteiger partial charge in [-0.05, 0) is 134 Å². The van der Waals surface area contributed by atoms with Crippen LogP contribution in [0.3, 0.4) is 0 Å². The smallest absolute Gasteiger partial charge is 0.0744 e. The Kier molecular flexibility index (Phi) is 9.52. The number of para-hydroxylation sites is 2. The van der Waals surface area contributed by atoms with E-state index in [0.29, 0.717) is 0 Å². The number of hydrogen-bond donors (Lipinski definition) is 0. The highest BCUT2D eigenvalue weighted by molar-refractivity contribution is 6.19. The molecule has 0 saturated heterocycles. The van der Waals surface area contributed by atoms with Crippen molar-refractivity contribution in [3.63, 3.8) is 0 Å². The van der Waals surface area contributed by atoms with Gasteiger partial charge in [0.2, 0.25) is 0 Å². The fraction of sp³-hybridized carbons (Fsp3) is 0.113. The summed E-state index contributed by atoms with van der Waals surface area (Å²) in [6.07, 6.45) is 7.08. The van der Waals surface area contributed by atoms with Crippen LogP contribution in [0.25, 0.3) is 71.4 Å². The van der Waals surface area contributed by atoms with Crippen LogP contribution in [0.5, 0.6) is 0 Å². The molecule has 0 spiro atoms. The third-order valence-corrected chi connectivity index (χ3v) is 14.0. The average Bonchev–Trinajstić information content (AvgIpc) is 3.58. The molecule has 0 radical (unpaired) electrons. The SMILES string of the molecule is CCC1=C(c2cccc3c(C4CCc5cc6c(cc5-c5ccc7ccccc7c54)c4ccccc4n6-c4ccccc4)cccc23)CC/C=C(\c2ccccc2)N=C1c1ccccc1. The first-order valence-electron chi connectivity index (χ1n) is 23.0. The second-order valence-corrected chi connectivity index (χ2v) is 17.4. The topological polar surface area (TPSA) is 17.3 Å². The van der Waals surface area contributed by atoms with Gasteiger partial charge in [-0.1, -0.05) is 183 Å². The number of nitrogens with zero attached hydrogens (tertiary/aromatic N) is 2. The number of hydrogen-bond acceptors (Lipinski definition) is 1. The minimum atomic E-state index is 0.189. The molecular weight excluding hydrogens is 773 g/mol. The van der Waals surface area contributed by atoms with Gasteiger partial charge in [0.05, 0.1) is 22.4 Å².